The van der Waals surface area contributed by atoms with Crippen molar-refractivity contribution in [2.75, 3.05) is 0 Å². The van der Waals surface area contributed by atoms with Crippen LogP contribution in [-0.4, -0.2) is 5.11 Å². The Hall–Kier alpha value is 0.190. The van der Waals surface area contributed by atoms with Crippen molar-refractivity contribution in [1.29, 1.82) is 0 Å². The van der Waals surface area contributed by atoms with Crippen LogP contribution in [0.5, 0.6) is 5.75 Å². The fourth-order valence-corrected chi connectivity index (χ4v) is 3.41. The monoisotopic (exact) mass is 354 g/mol. The standard InChI is InChI=1S/C8H4BrIOS/c9-7-4-1-2-12-8(4)5(10)3-6(7)11/h1-3,11H. The van der Waals surface area contributed by atoms with Crippen LogP contribution in [0, 0.1) is 3.57 Å². The lowest BCUT2D eigenvalue weighted by molar-refractivity contribution is 0.472. The average molecular weight is 355 g/mol. The molecule has 1 heterocycles. The van der Waals surface area contributed by atoms with Gasteiger partial charge < -0.3 is 5.11 Å². The summed E-state index contributed by atoms with van der Waals surface area (Å²) >= 11 is 7.26. The maximum absolute atomic E-state index is 9.47. The molecule has 2 rings (SSSR count). The van der Waals surface area contributed by atoms with Crippen molar-refractivity contribution in [3.63, 3.8) is 0 Å². The zero-order valence-electron chi connectivity index (χ0n) is 5.84. The molecular formula is C8H4BrIOS. The second kappa shape index (κ2) is 3.16. The number of thiophene rings is 1. The molecule has 0 aliphatic carbocycles. The van der Waals surface area contributed by atoms with Crippen LogP contribution in [0.4, 0.5) is 0 Å². The Labute approximate surface area is 95.7 Å². The topological polar surface area (TPSA) is 20.2 Å². The average Bonchev–Trinajstić information content (AvgIpc) is 2.48. The second-order valence-electron chi connectivity index (χ2n) is 2.35. The molecule has 12 heavy (non-hydrogen) atoms. The van der Waals surface area contributed by atoms with Gasteiger partial charge in [0.1, 0.15) is 5.75 Å². The van der Waals surface area contributed by atoms with Crippen molar-refractivity contribution in [1.82, 2.24) is 0 Å². The molecule has 0 aliphatic rings. The van der Waals surface area contributed by atoms with Crippen LogP contribution in [0.3, 0.4) is 0 Å². The number of rotatable bonds is 0. The van der Waals surface area contributed by atoms with Crippen LogP contribution >= 0.6 is 49.9 Å². The summed E-state index contributed by atoms with van der Waals surface area (Å²) in [6, 6.07) is 3.77. The Morgan fingerprint density at radius 3 is 3.00 bits per heavy atom. The first-order valence-corrected chi connectivity index (χ1v) is 5.99. The molecule has 1 nitrogen and oxygen atoms in total. The summed E-state index contributed by atoms with van der Waals surface area (Å²) in [5.74, 6) is 0.310. The van der Waals surface area contributed by atoms with E-state index in [1.165, 1.54) is 4.70 Å². The number of aromatic hydroxyl groups is 1. The molecule has 0 saturated carbocycles. The lowest BCUT2D eigenvalue weighted by atomic mass is 10.2. The molecular weight excluding hydrogens is 351 g/mol. The minimum absolute atomic E-state index is 0.310. The molecule has 0 amide bonds. The van der Waals surface area contributed by atoms with E-state index in [9.17, 15) is 5.11 Å². The van der Waals surface area contributed by atoms with Gasteiger partial charge in [-0.25, -0.2) is 0 Å². The van der Waals surface area contributed by atoms with Crippen LogP contribution < -0.4 is 0 Å². The largest absolute Gasteiger partial charge is 0.507 e. The van der Waals surface area contributed by atoms with E-state index in [1.54, 1.807) is 17.4 Å². The van der Waals surface area contributed by atoms with Gasteiger partial charge in [-0.1, -0.05) is 0 Å². The van der Waals surface area contributed by atoms with Gasteiger partial charge in [0.2, 0.25) is 0 Å². The lowest BCUT2D eigenvalue weighted by Gasteiger charge is -2.00. The van der Waals surface area contributed by atoms with Gasteiger partial charge in [0.05, 0.1) is 4.47 Å². The Kier molecular flexibility index (Phi) is 2.31. The van der Waals surface area contributed by atoms with Gasteiger partial charge in [0.15, 0.2) is 0 Å². The van der Waals surface area contributed by atoms with Crippen molar-refractivity contribution in [2.45, 2.75) is 0 Å². The maximum Gasteiger partial charge on any atom is 0.131 e. The number of halogens is 2. The first-order valence-electron chi connectivity index (χ1n) is 3.24. The van der Waals surface area contributed by atoms with Gasteiger partial charge in [-0.05, 0) is 56.0 Å². The third-order valence-electron chi connectivity index (χ3n) is 1.61. The molecule has 0 unspecified atom stereocenters. The van der Waals surface area contributed by atoms with E-state index in [4.69, 9.17) is 0 Å². The van der Waals surface area contributed by atoms with Crippen molar-refractivity contribution in [2.24, 2.45) is 0 Å². The second-order valence-corrected chi connectivity index (χ2v) is 5.23. The number of phenolic OH excluding ortho intramolecular Hbond substituents is 1. The third-order valence-corrected chi connectivity index (χ3v) is 4.60. The first kappa shape index (κ1) is 8.77. The summed E-state index contributed by atoms with van der Waals surface area (Å²) in [5.41, 5.74) is 0. The summed E-state index contributed by atoms with van der Waals surface area (Å²) in [5, 5.41) is 12.6. The Morgan fingerprint density at radius 2 is 2.25 bits per heavy atom. The van der Waals surface area contributed by atoms with Gasteiger partial charge >= 0.3 is 0 Å². The molecule has 1 aromatic heterocycles. The molecule has 0 saturated heterocycles. The molecule has 1 N–H and O–H groups in total. The minimum atomic E-state index is 0.310. The number of hydrogen-bond donors (Lipinski definition) is 1. The van der Waals surface area contributed by atoms with Gasteiger partial charge in [-0.15, -0.1) is 11.3 Å². The molecule has 0 radical (unpaired) electrons. The molecule has 0 bridgehead atoms. The van der Waals surface area contributed by atoms with Crippen LogP contribution in [0.25, 0.3) is 10.1 Å². The van der Waals surface area contributed by atoms with E-state index in [0.717, 1.165) is 13.4 Å². The molecule has 0 atom stereocenters. The summed E-state index contributed by atoms with van der Waals surface area (Å²) in [6.07, 6.45) is 0. The minimum Gasteiger partial charge on any atom is -0.507 e. The van der Waals surface area contributed by atoms with E-state index < -0.39 is 0 Å². The fourth-order valence-electron chi connectivity index (χ4n) is 1.05. The molecule has 1 aromatic carbocycles. The fraction of sp³-hybridized carbons (Fsp3) is 0. The summed E-state index contributed by atoms with van der Waals surface area (Å²) < 4.78 is 3.11. The van der Waals surface area contributed by atoms with Crippen molar-refractivity contribution < 1.29 is 5.11 Å². The van der Waals surface area contributed by atoms with E-state index in [1.807, 2.05) is 11.4 Å². The normalized spacial score (nSPS) is 10.8. The molecule has 2 aromatic rings. The highest BCUT2D eigenvalue weighted by atomic mass is 127. The molecule has 0 spiro atoms. The van der Waals surface area contributed by atoms with Crippen LogP contribution in [0.2, 0.25) is 0 Å². The van der Waals surface area contributed by atoms with Gasteiger partial charge in [-0.2, -0.15) is 0 Å². The zero-order valence-corrected chi connectivity index (χ0v) is 10.4. The quantitative estimate of drug-likeness (QED) is 0.709. The maximum atomic E-state index is 9.47. The van der Waals surface area contributed by atoms with E-state index >= 15 is 0 Å². The van der Waals surface area contributed by atoms with E-state index in [0.29, 0.717) is 5.75 Å². The molecule has 4 heteroatoms. The number of hydrogen-bond acceptors (Lipinski definition) is 2. The summed E-state index contributed by atoms with van der Waals surface area (Å²) in [6.45, 7) is 0. The predicted molar refractivity (Wildman–Crippen MR) is 63.9 cm³/mol. The highest BCUT2D eigenvalue weighted by Gasteiger charge is 2.08. The Balaban J connectivity index is 2.97. The first-order chi connectivity index (χ1) is 5.70. The summed E-state index contributed by atoms with van der Waals surface area (Å²) in [7, 11) is 0. The Morgan fingerprint density at radius 1 is 1.50 bits per heavy atom. The van der Waals surface area contributed by atoms with Gasteiger partial charge in [-0.3, -0.25) is 0 Å². The molecule has 0 aliphatic heterocycles. The SMILES string of the molecule is Oc1cc(I)c2sccc2c1Br. The van der Waals surface area contributed by atoms with Crippen LogP contribution in [0.1, 0.15) is 0 Å². The van der Waals surface area contributed by atoms with Gasteiger partial charge in [0.25, 0.3) is 0 Å². The highest BCUT2D eigenvalue weighted by molar-refractivity contribution is 14.1. The Bertz CT molecular complexity index is 438. The lowest BCUT2D eigenvalue weighted by Crippen LogP contribution is -1.74. The summed E-state index contributed by atoms with van der Waals surface area (Å²) in [4.78, 5) is 0. The zero-order chi connectivity index (χ0) is 8.72. The van der Waals surface area contributed by atoms with Crippen LogP contribution in [-0.2, 0) is 0 Å². The predicted octanol–water partition coefficient (Wildman–Crippen LogP) is 3.97. The number of phenols is 1. The number of fused-ring (bicyclic) bond motifs is 1. The van der Waals surface area contributed by atoms with Gasteiger partial charge in [0, 0.05) is 13.7 Å². The third kappa shape index (κ3) is 1.25. The van der Waals surface area contributed by atoms with Crippen molar-refractivity contribution in [3.8, 4) is 5.75 Å². The molecule has 62 valence electrons. The van der Waals surface area contributed by atoms with E-state index in [2.05, 4.69) is 38.5 Å². The van der Waals surface area contributed by atoms with Crippen molar-refractivity contribution >= 4 is 59.9 Å². The number of benzene rings is 1. The van der Waals surface area contributed by atoms with Crippen LogP contribution in [0.15, 0.2) is 22.0 Å². The smallest absolute Gasteiger partial charge is 0.131 e. The van der Waals surface area contributed by atoms with Crippen molar-refractivity contribution in [3.05, 3.63) is 25.6 Å². The molecule has 0 fully saturated rings. The highest BCUT2D eigenvalue weighted by Crippen LogP contribution is 2.37. The van der Waals surface area contributed by atoms with E-state index in [-0.39, 0.29) is 0 Å².